The van der Waals surface area contributed by atoms with Gasteiger partial charge in [-0.1, -0.05) is 6.08 Å². The standard InChI is InChI=1S/C14H15FN2/c1-17-9-13(10-4-6-16-7-5-10)12-8-11(15)2-3-14(12)17/h2-4,8-9,16H,5-7H2,1H3. The van der Waals surface area contributed by atoms with Gasteiger partial charge in [0.2, 0.25) is 0 Å². The number of rotatable bonds is 1. The lowest BCUT2D eigenvalue weighted by Crippen LogP contribution is -2.19. The lowest BCUT2D eigenvalue weighted by Gasteiger charge is -2.13. The Bertz CT molecular complexity index is 596. The number of fused-ring (bicyclic) bond motifs is 1. The molecule has 0 spiro atoms. The summed E-state index contributed by atoms with van der Waals surface area (Å²) in [6.45, 7) is 1.90. The Balaban J connectivity index is 2.22. The van der Waals surface area contributed by atoms with Gasteiger partial charge in [0, 0.05) is 36.3 Å². The number of hydrogen-bond acceptors (Lipinski definition) is 1. The Morgan fingerprint density at radius 1 is 1.35 bits per heavy atom. The van der Waals surface area contributed by atoms with Crippen molar-refractivity contribution in [1.82, 2.24) is 9.88 Å². The second kappa shape index (κ2) is 4.00. The molecule has 0 bridgehead atoms. The molecule has 3 rings (SSSR count). The van der Waals surface area contributed by atoms with Crippen LogP contribution in [0.1, 0.15) is 12.0 Å². The van der Waals surface area contributed by atoms with Crippen LogP contribution < -0.4 is 5.32 Å². The van der Waals surface area contributed by atoms with E-state index in [-0.39, 0.29) is 5.82 Å². The van der Waals surface area contributed by atoms with E-state index in [2.05, 4.69) is 22.2 Å². The molecule has 1 aliphatic heterocycles. The van der Waals surface area contributed by atoms with E-state index in [1.807, 2.05) is 13.1 Å². The average molecular weight is 230 g/mol. The van der Waals surface area contributed by atoms with Crippen molar-refractivity contribution in [2.75, 3.05) is 13.1 Å². The molecule has 0 aliphatic carbocycles. The summed E-state index contributed by atoms with van der Waals surface area (Å²) in [5, 5.41) is 4.31. The zero-order valence-electron chi connectivity index (χ0n) is 9.83. The van der Waals surface area contributed by atoms with Crippen LogP contribution in [0.4, 0.5) is 4.39 Å². The van der Waals surface area contributed by atoms with Crippen molar-refractivity contribution >= 4 is 16.5 Å². The molecule has 2 heterocycles. The average Bonchev–Trinajstić information content (AvgIpc) is 2.67. The smallest absolute Gasteiger partial charge is 0.123 e. The van der Waals surface area contributed by atoms with E-state index in [1.165, 1.54) is 17.2 Å². The Morgan fingerprint density at radius 3 is 3.00 bits per heavy atom. The molecule has 0 radical (unpaired) electrons. The molecule has 1 aliphatic rings. The molecule has 88 valence electrons. The highest BCUT2D eigenvalue weighted by Crippen LogP contribution is 2.29. The van der Waals surface area contributed by atoms with Gasteiger partial charge in [-0.25, -0.2) is 4.39 Å². The minimum Gasteiger partial charge on any atom is -0.350 e. The normalized spacial score (nSPS) is 16.2. The van der Waals surface area contributed by atoms with Gasteiger partial charge in [-0.15, -0.1) is 0 Å². The molecule has 1 aromatic carbocycles. The molecular formula is C14H15FN2. The first kappa shape index (κ1) is 10.5. The number of nitrogens with zero attached hydrogens (tertiary/aromatic N) is 1. The molecule has 0 fully saturated rings. The molecule has 0 unspecified atom stereocenters. The van der Waals surface area contributed by atoms with Gasteiger partial charge < -0.3 is 9.88 Å². The first-order valence-electron chi connectivity index (χ1n) is 5.90. The van der Waals surface area contributed by atoms with Crippen LogP contribution in [0.15, 0.2) is 30.5 Å². The fraction of sp³-hybridized carbons (Fsp3) is 0.286. The third-order valence-electron chi connectivity index (χ3n) is 3.36. The molecule has 0 atom stereocenters. The van der Waals surface area contributed by atoms with Gasteiger partial charge in [-0.05, 0) is 36.7 Å². The highest BCUT2D eigenvalue weighted by molar-refractivity contribution is 5.93. The highest BCUT2D eigenvalue weighted by atomic mass is 19.1. The SMILES string of the molecule is Cn1cc(C2=CCNCC2)c2cc(F)ccc21. The molecule has 1 aromatic heterocycles. The van der Waals surface area contributed by atoms with Crippen LogP contribution >= 0.6 is 0 Å². The second-order valence-corrected chi connectivity index (χ2v) is 4.50. The van der Waals surface area contributed by atoms with Crippen molar-refractivity contribution in [3.8, 4) is 0 Å². The van der Waals surface area contributed by atoms with Gasteiger partial charge in [-0.2, -0.15) is 0 Å². The first-order chi connectivity index (χ1) is 8.25. The maximum atomic E-state index is 13.4. The highest BCUT2D eigenvalue weighted by Gasteiger charge is 2.12. The van der Waals surface area contributed by atoms with Crippen molar-refractivity contribution in [2.45, 2.75) is 6.42 Å². The van der Waals surface area contributed by atoms with Crippen molar-refractivity contribution in [1.29, 1.82) is 0 Å². The summed E-state index contributed by atoms with van der Waals surface area (Å²) < 4.78 is 15.4. The number of benzene rings is 1. The first-order valence-corrected chi connectivity index (χ1v) is 5.90. The second-order valence-electron chi connectivity index (χ2n) is 4.50. The molecule has 0 saturated carbocycles. The predicted molar refractivity (Wildman–Crippen MR) is 68.3 cm³/mol. The van der Waals surface area contributed by atoms with Crippen LogP contribution in [0.3, 0.4) is 0 Å². The maximum Gasteiger partial charge on any atom is 0.123 e. The number of halogens is 1. The van der Waals surface area contributed by atoms with Gasteiger partial charge in [0.15, 0.2) is 0 Å². The maximum absolute atomic E-state index is 13.4. The van der Waals surface area contributed by atoms with Crippen molar-refractivity contribution < 1.29 is 4.39 Å². The summed E-state index contributed by atoms with van der Waals surface area (Å²) in [4.78, 5) is 0. The Kier molecular flexibility index (Phi) is 2.48. The van der Waals surface area contributed by atoms with Crippen LogP contribution in [0.25, 0.3) is 16.5 Å². The van der Waals surface area contributed by atoms with E-state index in [9.17, 15) is 4.39 Å². The molecule has 2 nitrogen and oxygen atoms in total. The van der Waals surface area contributed by atoms with E-state index < -0.39 is 0 Å². The topological polar surface area (TPSA) is 17.0 Å². The quantitative estimate of drug-likeness (QED) is 0.797. The van der Waals surface area contributed by atoms with Gasteiger partial charge in [0.25, 0.3) is 0 Å². The molecule has 3 heteroatoms. The Labute approximate surface area is 99.7 Å². The number of nitrogens with one attached hydrogen (secondary N) is 1. The van der Waals surface area contributed by atoms with Crippen LogP contribution in [-0.2, 0) is 7.05 Å². The Hall–Kier alpha value is -1.61. The Morgan fingerprint density at radius 2 is 2.24 bits per heavy atom. The third kappa shape index (κ3) is 1.76. The lowest BCUT2D eigenvalue weighted by atomic mass is 10.00. The molecule has 1 N–H and O–H groups in total. The zero-order valence-corrected chi connectivity index (χ0v) is 9.83. The van der Waals surface area contributed by atoms with Gasteiger partial charge in [0.1, 0.15) is 5.82 Å². The zero-order chi connectivity index (χ0) is 11.8. The fourth-order valence-corrected chi connectivity index (χ4v) is 2.49. The molecule has 0 amide bonds. The van der Waals surface area contributed by atoms with Crippen LogP contribution in [0.2, 0.25) is 0 Å². The van der Waals surface area contributed by atoms with E-state index in [0.29, 0.717) is 0 Å². The monoisotopic (exact) mass is 230 g/mol. The summed E-state index contributed by atoms with van der Waals surface area (Å²) >= 11 is 0. The summed E-state index contributed by atoms with van der Waals surface area (Å²) in [5.41, 5.74) is 3.57. The number of hydrogen-bond donors (Lipinski definition) is 1. The van der Waals surface area contributed by atoms with E-state index in [4.69, 9.17) is 0 Å². The van der Waals surface area contributed by atoms with E-state index >= 15 is 0 Å². The van der Waals surface area contributed by atoms with E-state index in [1.54, 1.807) is 6.07 Å². The molecule has 17 heavy (non-hydrogen) atoms. The molecular weight excluding hydrogens is 215 g/mol. The number of aromatic nitrogens is 1. The van der Waals surface area contributed by atoms with Gasteiger partial charge >= 0.3 is 0 Å². The number of aryl methyl sites for hydroxylation is 1. The fourth-order valence-electron chi connectivity index (χ4n) is 2.49. The van der Waals surface area contributed by atoms with Crippen LogP contribution in [0, 0.1) is 5.82 Å². The predicted octanol–water partition coefficient (Wildman–Crippen LogP) is 2.69. The molecule has 2 aromatic rings. The largest absolute Gasteiger partial charge is 0.350 e. The van der Waals surface area contributed by atoms with Crippen molar-refractivity contribution in [2.24, 2.45) is 7.05 Å². The van der Waals surface area contributed by atoms with Gasteiger partial charge in [0.05, 0.1) is 0 Å². The van der Waals surface area contributed by atoms with Gasteiger partial charge in [-0.3, -0.25) is 0 Å². The summed E-state index contributed by atoms with van der Waals surface area (Å²) in [6, 6.07) is 4.99. The van der Waals surface area contributed by atoms with Crippen LogP contribution in [0.5, 0.6) is 0 Å². The van der Waals surface area contributed by atoms with Crippen molar-refractivity contribution in [3.05, 3.63) is 41.9 Å². The van der Waals surface area contributed by atoms with Crippen molar-refractivity contribution in [3.63, 3.8) is 0 Å². The van der Waals surface area contributed by atoms with Crippen LogP contribution in [-0.4, -0.2) is 17.7 Å². The summed E-state index contributed by atoms with van der Waals surface area (Å²) in [6.07, 6.45) is 5.31. The summed E-state index contributed by atoms with van der Waals surface area (Å²) in [7, 11) is 2.01. The third-order valence-corrected chi connectivity index (χ3v) is 3.36. The minimum atomic E-state index is -0.167. The summed E-state index contributed by atoms with van der Waals surface area (Å²) in [5.74, 6) is -0.167. The minimum absolute atomic E-state index is 0.167. The lowest BCUT2D eigenvalue weighted by molar-refractivity contribution is 0.629. The van der Waals surface area contributed by atoms with E-state index in [0.717, 1.165) is 30.4 Å². The molecule has 0 saturated heterocycles.